The van der Waals surface area contributed by atoms with E-state index in [0.717, 1.165) is 5.56 Å². The number of rotatable bonds is 36. The van der Waals surface area contributed by atoms with Crippen LogP contribution in [0.3, 0.4) is 0 Å². The second-order valence-electron chi connectivity index (χ2n) is 20.5. The number of primary amides is 1. The van der Waals surface area contributed by atoms with Gasteiger partial charge in [-0.15, -0.1) is 0 Å². The number of aliphatic carboxylic acids is 3. The van der Waals surface area contributed by atoms with E-state index in [0.29, 0.717) is 0 Å². The second kappa shape index (κ2) is 33.7. The number of nitrogens with two attached hydrogens (primary N) is 2. The summed E-state index contributed by atoms with van der Waals surface area (Å²) < 4.78 is 0. The van der Waals surface area contributed by atoms with E-state index >= 15 is 0 Å². The van der Waals surface area contributed by atoms with E-state index in [2.05, 4.69) is 42.5 Å². The van der Waals surface area contributed by atoms with Crippen LogP contribution in [0.2, 0.25) is 0 Å². The van der Waals surface area contributed by atoms with Gasteiger partial charge in [-0.05, 0) is 74.7 Å². The predicted octanol–water partition coefficient (Wildman–Crippen LogP) is -1.31. The summed E-state index contributed by atoms with van der Waals surface area (Å²) >= 11 is 0. The van der Waals surface area contributed by atoms with Crippen LogP contribution >= 0.6 is 0 Å². The molecule has 0 radical (unpaired) electrons. The number of carbonyl (C=O) groups is 12. The minimum atomic E-state index is -1.93. The van der Waals surface area contributed by atoms with E-state index < -0.39 is 170 Å². The van der Waals surface area contributed by atoms with Crippen molar-refractivity contribution in [1.29, 1.82) is 0 Å². The molecule has 9 amide bonds. The first kappa shape index (κ1) is 67.8. The summed E-state index contributed by atoms with van der Waals surface area (Å²) in [6.45, 7) is 14.9. The minimum absolute atomic E-state index is 0.0352. The lowest BCUT2D eigenvalue weighted by Gasteiger charge is -2.30. The Balaban J connectivity index is 3.47. The third kappa shape index (κ3) is 25.9. The van der Waals surface area contributed by atoms with Crippen molar-refractivity contribution in [3.8, 4) is 0 Å². The molecule has 0 saturated heterocycles. The van der Waals surface area contributed by atoms with Gasteiger partial charge in [0.25, 0.3) is 0 Å². The van der Waals surface area contributed by atoms with Gasteiger partial charge < -0.3 is 74.4 Å². The topological polar surface area (TPSA) is 434 Å². The lowest BCUT2D eigenvalue weighted by Crippen LogP contribution is -2.63. The van der Waals surface area contributed by atoms with Gasteiger partial charge in [0.1, 0.15) is 48.3 Å². The second-order valence-corrected chi connectivity index (χ2v) is 20.5. The molecule has 0 spiro atoms. The van der Waals surface area contributed by atoms with Crippen molar-refractivity contribution < 1.29 is 78.0 Å². The number of hydrogen-bond donors (Lipinski definition) is 14. The average Bonchev–Trinajstić information content (AvgIpc) is 3.32. The fourth-order valence-electron chi connectivity index (χ4n) is 7.78. The number of benzene rings is 1. The molecule has 0 aliphatic rings. The highest BCUT2D eigenvalue weighted by Crippen LogP contribution is 2.14. The van der Waals surface area contributed by atoms with E-state index in [1.165, 1.54) is 13.8 Å². The Morgan fingerprint density at radius 1 is 0.481 bits per heavy atom. The van der Waals surface area contributed by atoms with Crippen LogP contribution < -0.4 is 54.0 Å². The van der Waals surface area contributed by atoms with Gasteiger partial charge in [0, 0.05) is 12.8 Å². The molecule has 432 valence electrons. The van der Waals surface area contributed by atoms with Crippen LogP contribution in [-0.4, -0.2) is 152 Å². The van der Waals surface area contributed by atoms with Gasteiger partial charge in [-0.3, -0.25) is 52.7 Å². The van der Waals surface area contributed by atoms with Crippen LogP contribution in [0, 0.1) is 23.7 Å². The molecule has 77 heavy (non-hydrogen) atoms. The van der Waals surface area contributed by atoms with Gasteiger partial charge in [0.15, 0.2) is 0 Å². The summed E-state index contributed by atoms with van der Waals surface area (Å²) in [5.74, 6) is -14.7. The van der Waals surface area contributed by atoms with E-state index in [1.54, 1.807) is 58.9 Å². The van der Waals surface area contributed by atoms with Gasteiger partial charge in [0.2, 0.25) is 53.2 Å². The van der Waals surface area contributed by atoms with Crippen LogP contribution in [0.25, 0.3) is 0 Å². The molecule has 1 aromatic rings. The average molecular weight is 1090 g/mol. The highest BCUT2D eigenvalue weighted by atomic mass is 16.4. The molecule has 0 unspecified atom stereocenters. The largest absolute Gasteiger partial charge is 0.481 e. The third-order valence-corrected chi connectivity index (χ3v) is 12.1. The smallest absolute Gasteiger partial charge is 0.326 e. The molecule has 16 N–H and O–H groups in total. The van der Waals surface area contributed by atoms with Gasteiger partial charge in [-0.1, -0.05) is 92.1 Å². The van der Waals surface area contributed by atoms with Crippen LogP contribution in [0.4, 0.5) is 0 Å². The maximum Gasteiger partial charge on any atom is 0.326 e. The number of aliphatic hydroxyl groups excluding tert-OH is 1. The number of carboxylic acids is 3. The fraction of sp³-hybridized carbons (Fsp3) is 0.647. The van der Waals surface area contributed by atoms with Crippen LogP contribution in [0.15, 0.2) is 30.3 Å². The zero-order valence-corrected chi connectivity index (χ0v) is 45.4. The lowest BCUT2D eigenvalue weighted by atomic mass is 9.96. The van der Waals surface area contributed by atoms with Crippen molar-refractivity contribution in [3.05, 3.63) is 35.9 Å². The number of carboxylic acid groups (broad SMARTS) is 3. The molecular weight excluding hydrogens is 1010 g/mol. The SMILES string of the molecule is CC[C@H](C)[C@H](NC(=O)[C@@H](NC(=O)[C@H](CC(C)C)NC(=O)[C@H](CC(C)C)NC(=O)[C@@H](N)Cc1ccccc1)[C@@H](C)O)C(=O)N[C@@H](CCC(=O)O)C(=O)N[C@@H](CC(N)=O)C(=O)N[C@@H](CCC(=O)O)C(=O)N[C@@H](CC(C)C)C(=O)O. The molecule has 0 fully saturated rings. The van der Waals surface area contributed by atoms with Gasteiger partial charge >= 0.3 is 17.9 Å². The van der Waals surface area contributed by atoms with E-state index in [-0.39, 0.29) is 49.9 Å². The molecular formula is C51H82N10O16. The first-order valence-electron chi connectivity index (χ1n) is 25.7. The number of hydrogen-bond acceptors (Lipinski definition) is 14. The quantitative estimate of drug-likeness (QED) is 0.0371. The lowest BCUT2D eigenvalue weighted by molar-refractivity contribution is -0.143. The Morgan fingerprint density at radius 3 is 1.27 bits per heavy atom. The van der Waals surface area contributed by atoms with Crippen molar-refractivity contribution in [3.63, 3.8) is 0 Å². The molecule has 0 bridgehead atoms. The van der Waals surface area contributed by atoms with E-state index in [9.17, 15) is 78.0 Å². The summed E-state index contributed by atoms with van der Waals surface area (Å²) in [5, 5.41) is 58.7. The number of aliphatic hydroxyl groups is 1. The Morgan fingerprint density at radius 2 is 0.844 bits per heavy atom. The van der Waals surface area contributed by atoms with Gasteiger partial charge in [-0.2, -0.15) is 0 Å². The Labute approximate surface area is 448 Å². The zero-order valence-electron chi connectivity index (χ0n) is 45.4. The molecule has 26 heteroatoms. The number of amides is 9. The Kier molecular flexibility index (Phi) is 29.7. The first-order chi connectivity index (χ1) is 35.9. The monoisotopic (exact) mass is 1090 g/mol. The van der Waals surface area contributed by atoms with Crippen molar-refractivity contribution in [2.45, 2.75) is 187 Å². The molecule has 1 rings (SSSR count). The van der Waals surface area contributed by atoms with Gasteiger partial charge in [-0.25, -0.2) is 4.79 Å². The minimum Gasteiger partial charge on any atom is -0.481 e. The van der Waals surface area contributed by atoms with Crippen LogP contribution in [-0.2, 0) is 64.0 Å². The van der Waals surface area contributed by atoms with Crippen LogP contribution in [0.5, 0.6) is 0 Å². The zero-order chi connectivity index (χ0) is 58.9. The molecule has 0 aromatic heterocycles. The summed E-state index contributed by atoms with van der Waals surface area (Å²) in [6.07, 6.45) is -4.66. The first-order valence-corrected chi connectivity index (χ1v) is 25.7. The van der Waals surface area contributed by atoms with Crippen molar-refractivity contribution >= 4 is 71.1 Å². The van der Waals surface area contributed by atoms with Crippen LogP contribution in [0.1, 0.15) is 126 Å². The van der Waals surface area contributed by atoms with E-state index in [1.807, 2.05) is 19.9 Å². The third-order valence-electron chi connectivity index (χ3n) is 12.1. The summed E-state index contributed by atoms with van der Waals surface area (Å²) in [7, 11) is 0. The highest BCUT2D eigenvalue weighted by Gasteiger charge is 2.38. The van der Waals surface area contributed by atoms with Crippen molar-refractivity contribution in [2.24, 2.45) is 35.1 Å². The molecule has 0 heterocycles. The standard InChI is InChI=1S/C51H82N10O16/c1-10-28(8)41(60-50(75)42(29(9)62)61-48(73)35(21-26(4)5)57-46(71)34(20-25(2)3)56-43(68)31(52)23-30-14-12-11-13-15-30)49(74)55-33(17-19-40(66)67)44(69)58-36(24-38(53)63)47(72)54-32(16-18-39(64)65)45(70)59-37(51(76)77)22-27(6)7/h11-15,25-29,31-37,41-42,62H,10,16-24,52H2,1-9H3,(H2,53,63)(H,54,72)(H,55,74)(H,56,68)(H,57,71)(H,58,69)(H,59,70)(H,60,75)(H,61,73)(H,64,65)(H,66,67)(H,76,77)/t28-,29+,31-,32-,33-,34-,35-,36-,37-,41-,42-/m0/s1. The Bertz CT molecular complexity index is 2190. The maximum atomic E-state index is 14.1. The normalized spacial score (nSPS) is 15.6. The van der Waals surface area contributed by atoms with Gasteiger partial charge in [0.05, 0.1) is 18.6 Å². The maximum absolute atomic E-state index is 14.1. The molecule has 1 aromatic carbocycles. The summed E-state index contributed by atoms with van der Waals surface area (Å²) in [5.41, 5.74) is 12.4. The van der Waals surface area contributed by atoms with Crippen molar-refractivity contribution in [2.75, 3.05) is 0 Å². The highest BCUT2D eigenvalue weighted by molar-refractivity contribution is 5.99. The molecule has 0 aliphatic carbocycles. The van der Waals surface area contributed by atoms with Crippen molar-refractivity contribution in [1.82, 2.24) is 42.5 Å². The predicted molar refractivity (Wildman–Crippen MR) is 278 cm³/mol. The summed E-state index contributed by atoms with van der Waals surface area (Å²) in [4.78, 5) is 157. The molecule has 26 nitrogen and oxygen atoms in total. The number of nitrogens with one attached hydrogen (secondary N) is 8. The molecule has 0 saturated carbocycles. The molecule has 11 atom stereocenters. The summed E-state index contributed by atoms with van der Waals surface area (Å²) in [6, 6.07) is -4.63. The Hall–Kier alpha value is -7.22. The fourth-order valence-corrected chi connectivity index (χ4v) is 7.78. The molecule has 0 aliphatic heterocycles. The van der Waals surface area contributed by atoms with E-state index in [4.69, 9.17) is 11.5 Å². The number of carbonyl (C=O) groups excluding carboxylic acids is 9.